The van der Waals surface area contributed by atoms with Crippen LogP contribution in [0.25, 0.3) is 0 Å². The van der Waals surface area contributed by atoms with Gasteiger partial charge in [-0.25, -0.2) is 0 Å². The maximum atomic E-state index is 10.6. The van der Waals surface area contributed by atoms with Gasteiger partial charge in [-0.05, 0) is 31.8 Å². The van der Waals surface area contributed by atoms with Crippen LogP contribution in [-0.4, -0.2) is 35.9 Å². The predicted octanol–water partition coefficient (Wildman–Crippen LogP) is -0.321. The van der Waals surface area contributed by atoms with Crippen LogP contribution < -0.4 is 5.32 Å². The van der Waals surface area contributed by atoms with E-state index in [-0.39, 0.29) is 12.5 Å². The fourth-order valence-electron chi connectivity index (χ4n) is 1.65. The summed E-state index contributed by atoms with van der Waals surface area (Å²) < 4.78 is 0. The fourth-order valence-corrected chi connectivity index (χ4v) is 1.65. The second-order valence-electron chi connectivity index (χ2n) is 3.23. The Morgan fingerprint density at radius 3 is 2.83 bits per heavy atom. The molecule has 1 rings (SSSR count). The molecule has 1 saturated heterocycles. The second kappa shape index (κ2) is 4.42. The summed E-state index contributed by atoms with van der Waals surface area (Å²) in [6.07, 6.45) is 1.92. The van der Waals surface area contributed by atoms with Crippen molar-refractivity contribution >= 4 is 5.97 Å². The number of aliphatic hydroxyl groups is 1. The van der Waals surface area contributed by atoms with Crippen LogP contribution >= 0.6 is 0 Å². The first-order chi connectivity index (χ1) is 5.75. The molecule has 4 heteroatoms. The van der Waals surface area contributed by atoms with Gasteiger partial charge < -0.3 is 15.5 Å². The van der Waals surface area contributed by atoms with Crippen molar-refractivity contribution in [2.75, 3.05) is 19.7 Å². The van der Waals surface area contributed by atoms with Gasteiger partial charge in [0.2, 0.25) is 0 Å². The zero-order valence-electron chi connectivity index (χ0n) is 6.99. The van der Waals surface area contributed by atoms with Crippen LogP contribution in [0.1, 0.15) is 12.8 Å². The lowest BCUT2D eigenvalue weighted by atomic mass is 9.87. The van der Waals surface area contributed by atoms with Crippen LogP contribution in [0.15, 0.2) is 0 Å². The van der Waals surface area contributed by atoms with Crippen LogP contribution in [0, 0.1) is 11.8 Å². The molecule has 0 bridgehead atoms. The highest BCUT2D eigenvalue weighted by molar-refractivity contribution is 5.70. The van der Waals surface area contributed by atoms with E-state index in [4.69, 9.17) is 10.2 Å². The number of nitrogens with one attached hydrogen (secondary N) is 1. The smallest absolute Gasteiger partial charge is 0.309 e. The molecule has 0 aromatic carbocycles. The van der Waals surface area contributed by atoms with Gasteiger partial charge in [0.25, 0.3) is 0 Å². The first kappa shape index (κ1) is 9.48. The maximum Gasteiger partial charge on any atom is 0.309 e. The van der Waals surface area contributed by atoms with E-state index in [1.165, 1.54) is 0 Å². The molecule has 0 saturated carbocycles. The summed E-state index contributed by atoms with van der Waals surface area (Å²) in [7, 11) is 0. The number of hydrogen-bond donors (Lipinski definition) is 3. The molecule has 0 radical (unpaired) electrons. The Morgan fingerprint density at radius 2 is 2.42 bits per heavy atom. The van der Waals surface area contributed by atoms with Gasteiger partial charge in [-0.2, -0.15) is 0 Å². The van der Waals surface area contributed by atoms with E-state index in [0.29, 0.717) is 0 Å². The van der Waals surface area contributed by atoms with E-state index < -0.39 is 11.9 Å². The SMILES string of the molecule is O=C(O)C(CO)C1CCCNC1. The average molecular weight is 173 g/mol. The largest absolute Gasteiger partial charge is 0.481 e. The minimum atomic E-state index is -0.883. The molecule has 70 valence electrons. The predicted molar refractivity (Wildman–Crippen MR) is 43.8 cm³/mol. The quantitative estimate of drug-likeness (QED) is 0.547. The third kappa shape index (κ3) is 2.19. The van der Waals surface area contributed by atoms with Crippen LogP contribution in [0.3, 0.4) is 0 Å². The molecule has 3 N–H and O–H groups in total. The van der Waals surface area contributed by atoms with Crippen molar-refractivity contribution in [3.05, 3.63) is 0 Å². The zero-order chi connectivity index (χ0) is 8.97. The Morgan fingerprint density at radius 1 is 1.67 bits per heavy atom. The number of piperidine rings is 1. The number of rotatable bonds is 3. The summed E-state index contributed by atoms with van der Waals surface area (Å²) in [4.78, 5) is 10.6. The molecule has 0 aliphatic carbocycles. The van der Waals surface area contributed by atoms with Gasteiger partial charge in [-0.1, -0.05) is 0 Å². The van der Waals surface area contributed by atoms with Crippen molar-refractivity contribution in [3.63, 3.8) is 0 Å². The molecule has 1 heterocycles. The van der Waals surface area contributed by atoms with Crippen LogP contribution in [0.2, 0.25) is 0 Å². The maximum absolute atomic E-state index is 10.6. The molecule has 2 unspecified atom stereocenters. The van der Waals surface area contributed by atoms with E-state index in [1.54, 1.807) is 0 Å². The third-order valence-electron chi connectivity index (χ3n) is 2.42. The molecular weight excluding hydrogens is 158 g/mol. The lowest BCUT2D eigenvalue weighted by Crippen LogP contribution is -2.38. The topological polar surface area (TPSA) is 69.6 Å². The van der Waals surface area contributed by atoms with Gasteiger partial charge in [-0.3, -0.25) is 4.79 Å². The van der Waals surface area contributed by atoms with Crippen molar-refractivity contribution < 1.29 is 15.0 Å². The number of carboxylic acid groups (broad SMARTS) is 1. The lowest BCUT2D eigenvalue weighted by Gasteiger charge is -2.26. The van der Waals surface area contributed by atoms with Gasteiger partial charge in [-0.15, -0.1) is 0 Å². The number of carbonyl (C=O) groups is 1. The summed E-state index contributed by atoms with van der Waals surface area (Å²) in [5.74, 6) is -1.37. The highest BCUT2D eigenvalue weighted by Crippen LogP contribution is 2.19. The highest BCUT2D eigenvalue weighted by atomic mass is 16.4. The summed E-state index contributed by atoms with van der Waals surface area (Å²) in [6.45, 7) is 1.44. The zero-order valence-corrected chi connectivity index (χ0v) is 6.99. The molecule has 1 aliphatic heterocycles. The van der Waals surface area contributed by atoms with Gasteiger partial charge in [0.15, 0.2) is 0 Å². The number of aliphatic hydroxyl groups excluding tert-OH is 1. The van der Waals surface area contributed by atoms with Crippen LogP contribution in [0.4, 0.5) is 0 Å². The normalized spacial score (nSPS) is 26.6. The summed E-state index contributed by atoms with van der Waals surface area (Å²) in [5, 5.41) is 20.7. The summed E-state index contributed by atoms with van der Waals surface area (Å²) >= 11 is 0. The Bertz CT molecular complexity index is 154. The van der Waals surface area contributed by atoms with E-state index >= 15 is 0 Å². The molecule has 1 fully saturated rings. The Kier molecular flexibility index (Phi) is 3.49. The molecule has 4 nitrogen and oxygen atoms in total. The van der Waals surface area contributed by atoms with Crippen molar-refractivity contribution in [1.29, 1.82) is 0 Å². The second-order valence-corrected chi connectivity index (χ2v) is 3.23. The molecule has 0 aromatic heterocycles. The van der Waals surface area contributed by atoms with E-state index in [1.807, 2.05) is 0 Å². The molecule has 2 atom stereocenters. The number of carboxylic acids is 1. The minimum Gasteiger partial charge on any atom is -0.481 e. The molecule has 0 aromatic rings. The highest BCUT2D eigenvalue weighted by Gasteiger charge is 2.28. The monoisotopic (exact) mass is 173 g/mol. The van der Waals surface area contributed by atoms with Crippen molar-refractivity contribution in [3.8, 4) is 0 Å². The van der Waals surface area contributed by atoms with E-state index in [2.05, 4.69) is 5.32 Å². The Hall–Kier alpha value is -0.610. The molecule has 1 aliphatic rings. The first-order valence-corrected chi connectivity index (χ1v) is 4.30. The van der Waals surface area contributed by atoms with E-state index in [9.17, 15) is 4.79 Å². The van der Waals surface area contributed by atoms with Gasteiger partial charge in [0.05, 0.1) is 12.5 Å². The van der Waals surface area contributed by atoms with Crippen LogP contribution in [0.5, 0.6) is 0 Å². The van der Waals surface area contributed by atoms with Crippen molar-refractivity contribution in [2.24, 2.45) is 11.8 Å². The molecule has 0 amide bonds. The third-order valence-corrected chi connectivity index (χ3v) is 2.42. The van der Waals surface area contributed by atoms with Gasteiger partial charge >= 0.3 is 5.97 Å². The van der Waals surface area contributed by atoms with Crippen molar-refractivity contribution in [1.82, 2.24) is 5.32 Å². The number of aliphatic carboxylic acids is 1. The molecule has 0 spiro atoms. The fraction of sp³-hybridized carbons (Fsp3) is 0.875. The minimum absolute atomic E-state index is 0.0984. The Labute approximate surface area is 71.6 Å². The van der Waals surface area contributed by atoms with Crippen LogP contribution in [-0.2, 0) is 4.79 Å². The van der Waals surface area contributed by atoms with Gasteiger partial charge in [0, 0.05) is 0 Å². The lowest BCUT2D eigenvalue weighted by molar-refractivity contribution is -0.145. The molecule has 12 heavy (non-hydrogen) atoms. The van der Waals surface area contributed by atoms with Gasteiger partial charge in [0.1, 0.15) is 0 Å². The summed E-state index contributed by atoms with van der Waals surface area (Å²) in [5.41, 5.74) is 0. The van der Waals surface area contributed by atoms with E-state index in [0.717, 1.165) is 25.9 Å². The molecular formula is C8H15NO3. The first-order valence-electron chi connectivity index (χ1n) is 4.30. The average Bonchev–Trinajstić information content (AvgIpc) is 2.07. The standard InChI is InChI=1S/C8H15NO3/c10-5-7(8(11)12)6-2-1-3-9-4-6/h6-7,9-10H,1-5H2,(H,11,12). The number of hydrogen-bond acceptors (Lipinski definition) is 3. The van der Waals surface area contributed by atoms with Crippen molar-refractivity contribution in [2.45, 2.75) is 12.8 Å². The summed E-state index contributed by atoms with van der Waals surface area (Å²) in [6, 6.07) is 0. The Balaban J connectivity index is 2.46.